The van der Waals surface area contributed by atoms with Gasteiger partial charge >= 0.3 is 5.97 Å². The van der Waals surface area contributed by atoms with E-state index in [9.17, 15) is 17.6 Å². The largest absolute Gasteiger partial charge is 0.478 e. The van der Waals surface area contributed by atoms with Crippen molar-refractivity contribution in [3.8, 4) is 0 Å². The van der Waals surface area contributed by atoms with Crippen molar-refractivity contribution in [2.24, 2.45) is 0 Å². The van der Waals surface area contributed by atoms with Gasteiger partial charge in [-0.2, -0.15) is 4.31 Å². The van der Waals surface area contributed by atoms with E-state index >= 15 is 0 Å². The third-order valence-electron chi connectivity index (χ3n) is 2.62. The van der Waals surface area contributed by atoms with Crippen LogP contribution in [-0.4, -0.2) is 50.6 Å². The number of carbonyl (C=O) groups is 1. The van der Waals surface area contributed by atoms with Crippen molar-refractivity contribution in [3.05, 3.63) is 29.6 Å². The summed E-state index contributed by atoms with van der Waals surface area (Å²) in [6.45, 7) is 2.51. The fourth-order valence-electron chi connectivity index (χ4n) is 1.47. The maximum atomic E-state index is 13.8. The number of carboxylic acids is 1. The lowest BCUT2D eigenvalue weighted by Gasteiger charge is -2.17. The molecule has 1 rings (SSSR count). The predicted octanol–water partition coefficient (Wildman–Crippen LogP) is 1.18. The van der Waals surface area contributed by atoms with Crippen molar-refractivity contribution in [3.63, 3.8) is 0 Å². The molecule has 0 bridgehead atoms. The summed E-state index contributed by atoms with van der Waals surface area (Å²) in [6, 6.07) is 2.69. The van der Waals surface area contributed by atoms with Crippen LogP contribution in [-0.2, 0) is 14.8 Å². The van der Waals surface area contributed by atoms with Gasteiger partial charge in [0.15, 0.2) is 0 Å². The van der Waals surface area contributed by atoms with E-state index in [2.05, 4.69) is 0 Å². The highest BCUT2D eigenvalue weighted by Crippen LogP contribution is 2.19. The summed E-state index contributed by atoms with van der Waals surface area (Å²) in [5, 5.41) is 8.71. The molecule has 1 aromatic carbocycles. The van der Waals surface area contributed by atoms with Gasteiger partial charge in [-0.15, -0.1) is 0 Å². The Labute approximate surface area is 116 Å². The topological polar surface area (TPSA) is 83.9 Å². The number of aromatic carboxylic acids is 1. The van der Waals surface area contributed by atoms with Crippen LogP contribution < -0.4 is 0 Å². The van der Waals surface area contributed by atoms with Crippen LogP contribution in [0.25, 0.3) is 0 Å². The molecule has 0 radical (unpaired) electrons. The van der Waals surface area contributed by atoms with Crippen molar-refractivity contribution in [2.45, 2.75) is 11.8 Å². The number of ether oxygens (including phenoxy) is 1. The Kier molecular flexibility index (Phi) is 5.61. The smallest absolute Gasteiger partial charge is 0.335 e. The number of sulfonamides is 1. The first-order valence-corrected chi connectivity index (χ1v) is 7.31. The summed E-state index contributed by atoms with van der Waals surface area (Å²) in [5.74, 6) is -2.41. The van der Waals surface area contributed by atoms with Crippen molar-refractivity contribution >= 4 is 16.0 Å². The second-order valence-electron chi connectivity index (χ2n) is 3.97. The van der Waals surface area contributed by atoms with E-state index in [0.29, 0.717) is 12.7 Å². The molecule has 112 valence electrons. The van der Waals surface area contributed by atoms with E-state index in [0.717, 1.165) is 16.4 Å². The molecule has 0 aliphatic carbocycles. The third kappa shape index (κ3) is 3.75. The molecule has 8 heteroatoms. The number of halogens is 1. The molecule has 20 heavy (non-hydrogen) atoms. The first-order valence-electron chi connectivity index (χ1n) is 5.87. The zero-order valence-corrected chi connectivity index (χ0v) is 12.0. The average molecular weight is 305 g/mol. The normalized spacial score (nSPS) is 11.8. The first-order chi connectivity index (χ1) is 9.30. The molecule has 0 unspecified atom stereocenters. The van der Waals surface area contributed by atoms with Crippen molar-refractivity contribution < 1.29 is 27.4 Å². The molecule has 0 fully saturated rings. The molecule has 1 aromatic rings. The standard InChI is InChI=1S/C12H16FNO5S/c1-3-19-7-6-14(2)20(17,18)11-5-4-9(12(15)16)8-10(11)13/h4-5,8H,3,6-7H2,1-2H3,(H,15,16). The molecule has 6 nitrogen and oxygen atoms in total. The molecule has 0 saturated carbocycles. The lowest BCUT2D eigenvalue weighted by Crippen LogP contribution is -2.31. The van der Waals surface area contributed by atoms with Gasteiger partial charge in [0.05, 0.1) is 12.2 Å². The number of hydrogen-bond acceptors (Lipinski definition) is 4. The Bertz CT molecular complexity index is 588. The summed E-state index contributed by atoms with van der Waals surface area (Å²) in [4.78, 5) is 10.1. The van der Waals surface area contributed by atoms with Crippen LogP contribution >= 0.6 is 0 Å². The highest BCUT2D eigenvalue weighted by Gasteiger charge is 2.25. The number of hydrogen-bond donors (Lipinski definition) is 1. The Morgan fingerprint density at radius 1 is 1.45 bits per heavy atom. The minimum atomic E-state index is -4.01. The maximum absolute atomic E-state index is 13.8. The quantitative estimate of drug-likeness (QED) is 0.765. The monoisotopic (exact) mass is 305 g/mol. The SMILES string of the molecule is CCOCCN(C)S(=O)(=O)c1ccc(C(=O)O)cc1F. The molecular formula is C12H16FNO5S. The summed E-state index contributed by atoms with van der Waals surface area (Å²) in [6.07, 6.45) is 0. The fraction of sp³-hybridized carbons (Fsp3) is 0.417. The lowest BCUT2D eigenvalue weighted by molar-refractivity contribution is 0.0696. The maximum Gasteiger partial charge on any atom is 0.335 e. The summed E-state index contributed by atoms with van der Waals surface area (Å²) >= 11 is 0. The number of rotatable bonds is 7. The molecule has 0 atom stereocenters. The van der Waals surface area contributed by atoms with Gasteiger partial charge in [0.2, 0.25) is 10.0 Å². The van der Waals surface area contributed by atoms with Crippen LogP contribution in [0.4, 0.5) is 4.39 Å². The summed E-state index contributed by atoms with van der Waals surface area (Å²) < 4.78 is 44.0. The zero-order valence-electron chi connectivity index (χ0n) is 11.2. The van der Waals surface area contributed by atoms with Gasteiger partial charge in [0.25, 0.3) is 0 Å². The van der Waals surface area contributed by atoms with Gasteiger partial charge in [-0.1, -0.05) is 0 Å². The zero-order chi connectivity index (χ0) is 15.3. The Morgan fingerprint density at radius 2 is 2.10 bits per heavy atom. The molecule has 0 heterocycles. The van der Waals surface area contributed by atoms with Gasteiger partial charge in [0.1, 0.15) is 10.7 Å². The van der Waals surface area contributed by atoms with E-state index in [1.54, 1.807) is 6.92 Å². The highest BCUT2D eigenvalue weighted by molar-refractivity contribution is 7.89. The third-order valence-corrected chi connectivity index (χ3v) is 4.51. The van der Waals surface area contributed by atoms with Crippen molar-refractivity contribution in [1.29, 1.82) is 0 Å². The molecule has 0 spiro atoms. The number of benzene rings is 1. The molecule has 0 aromatic heterocycles. The Hall–Kier alpha value is -1.51. The van der Waals surface area contributed by atoms with Crippen molar-refractivity contribution in [2.75, 3.05) is 26.8 Å². The second kappa shape index (κ2) is 6.78. The van der Waals surface area contributed by atoms with Crippen LogP contribution in [0.3, 0.4) is 0 Å². The van der Waals surface area contributed by atoms with Gasteiger partial charge in [-0.05, 0) is 25.1 Å². The number of carboxylic acid groups (broad SMARTS) is 1. The van der Waals surface area contributed by atoms with Gasteiger partial charge in [0, 0.05) is 20.2 Å². The van der Waals surface area contributed by atoms with E-state index < -0.39 is 26.7 Å². The van der Waals surface area contributed by atoms with Crippen LogP contribution in [0.15, 0.2) is 23.1 Å². The summed E-state index contributed by atoms with van der Waals surface area (Å²) in [7, 11) is -2.70. The molecule has 0 aliphatic rings. The number of nitrogens with zero attached hydrogens (tertiary/aromatic N) is 1. The van der Waals surface area contributed by atoms with E-state index in [-0.39, 0.29) is 18.7 Å². The molecule has 0 aliphatic heterocycles. The van der Waals surface area contributed by atoms with E-state index in [1.165, 1.54) is 7.05 Å². The van der Waals surface area contributed by atoms with Crippen LogP contribution in [0.2, 0.25) is 0 Å². The van der Waals surface area contributed by atoms with Gasteiger partial charge in [-0.3, -0.25) is 0 Å². The molecule has 1 N–H and O–H groups in total. The minimum absolute atomic E-state index is 0.0797. The second-order valence-corrected chi connectivity index (χ2v) is 5.99. The van der Waals surface area contributed by atoms with E-state index in [4.69, 9.17) is 9.84 Å². The van der Waals surface area contributed by atoms with Crippen LogP contribution in [0, 0.1) is 5.82 Å². The average Bonchev–Trinajstić information content (AvgIpc) is 2.38. The predicted molar refractivity (Wildman–Crippen MR) is 69.7 cm³/mol. The lowest BCUT2D eigenvalue weighted by atomic mass is 10.2. The van der Waals surface area contributed by atoms with Crippen LogP contribution in [0.5, 0.6) is 0 Å². The van der Waals surface area contributed by atoms with Crippen molar-refractivity contribution in [1.82, 2.24) is 4.31 Å². The molecular weight excluding hydrogens is 289 g/mol. The Balaban J connectivity index is 3.00. The van der Waals surface area contributed by atoms with E-state index in [1.807, 2.05) is 0 Å². The first kappa shape index (κ1) is 16.5. The van der Waals surface area contributed by atoms with Crippen LogP contribution in [0.1, 0.15) is 17.3 Å². The van der Waals surface area contributed by atoms with Gasteiger partial charge < -0.3 is 9.84 Å². The number of likely N-dealkylation sites (N-methyl/N-ethyl adjacent to an activating group) is 1. The highest BCUT2D eigenvalue weighted by atomic mass is 32.2. The molecule has 0 saturated heterocycles. The fourth-order valence-corrected chi connectivity index (χ4v) is 2.66. The Morgan fingerprint density at radius 3 is 2.60 bits per heavy atom. The summed E-state index contributed by atoms with van der Waals surface area (Å²) in [5.41, 5.74) is -0.307. The van der Waals surface area contributed by atoms with Gasteiger partial charge in [-0.25, -0.2) is 17.6 Å². The molecule has 0 amide bonds. The minimum Gasteiger partial charge on any atom is -0.478 e.